The Balaban J connectivity index is 0.000000342. The van der Waals surface area contributed by atoms with Crippen molar-refractivity contribution in [1.82, 2.24) is 10.6 Å². The van der Waals surface area contributed by atoms with Crippen LogP contribution >= 0.6 is 22.7 Å². The maximum absolute atomic E-state index is 12.8. The van der Waals surface area contributed by atoms with Crippen LogP contribution in [0.25, 0.3) is 0 Å². The summed E-state index contributed by atoms with van der Waals surface area (Å²) in [5.74, 6) is -3.74. The molecule has 0 aliphatic carbocycles. The second kappa shape index (κ2) is 21.8. The average molecular weight is 950 g/mol. The molecule has 18 nitrogen and oxygen atoms in total. The maximum atomic E-state index is 12.8. The predicted molar refractivity (Wildman–Crippen MR) is 221 cm³/mol. The minimum atomic E-state index is -4.07. The van der Waals surface area contributed by atoms with E-state index in [1.165, 1.54) is 26.0 Å². The van der Waals surface area contributed by atoms with E-state index in [0.717, 1.165) is 11.3 Å². The lowest BCUT2D eigenvalue weighted by molar-refractivity contribution is -0.162. The first-order valence-electron chi connectivity index (χ1n) is 18.8. The SMILES string of the molecule is CCCC(=O)O[C@@H](C)C(=O)CS(=O)(=O)c1cc2c(s1)S(=O)(=O)[C@@H](C)C[C@@H]2NCC.CCCC(=O)O[C@@H](C)C(=O)O.CCN[C@H]1C[C@H](C)S(=O)(=O)c2sc(S(N)(=O)=O)cc21. The molecule has 2 aliphatic heterocycles. The van der Waals surface area contributed by atoms with Crippen LogP contribution < -0.4 is 15.8 Å². The van der Waals surface area contributed by atoms with Crippen LogP contribution in [-0.4, -0.2) is 104 Å². The van der Waals surface area contributed by atoms with Gasteiger partial charge in [-0.25, -0.2) is 43.6 Å². The molecule has 5 N–H and O–H groups in total. The van der Waals surface area contributed by atoms with Crippen molar-refractivity contribution >= 4 is 85.9 Å². The Morgan fingerprint density at radius 3 is 1.53 bits per heavy atom. The summed E-state index contributed by atoms with van der Waals surface area (Å²) in [4.78, 5) is 44.6. The molecule has 0 amide bonds. The molecule has 0 bridgehead atoms. The Kier molecular flexibility index (Phi) is 19.3. The number of nitrogens with two attached hydrogens (primary N) is 1. The largest absolute Gasteiger partial charge is 0.479 e. The number of aliphatic carboxylic acids is 1. The number of sulfonamides is 1. The summed E-state index contributed by atoms with van der Waals surface area (Å²) in [7, 11) is -15.0. The number of carboxylic acid groups (broad SMARTS) is 1. The molecule has 24 heteroatoms. The van der Waals surface area contributed by atoms with Gasteiger partial charge in [0.2, 0.25) is 10.0 Å². The zero-order valence-electron chi connectivity index (χ0n) is 34.2. The van der Waals surface area contributed by atoms with Gasteiger partial charge in [0, 0.05) is 30.5 Å². The second-order valence-corrected chi connectivity index (χ2v) is 25.1. The summed E-state index contributed by atoms with van der Waals surface area (Å²) in [6.07, 6.45) is 0.212. The molecule has 0 aromatic carbocycles. The fourth-order valence-electron chi connectivity index (χ4n) is 5.78. The van der Waals surface area contributed by atoms with Crippen LogP contribution in [0.3, 0.4) is 0 Å². The number of nitrogens with one attached hydrogen (secondary N) is 2. The molecule has 4 rings (SSSR count). The number of esters is 2. The number of carboxylic acids is 1. The summed E-state index contributed by atoms with van der Waals surface area (Å²) in [5.41, 5.74) is 0.956. The van der Waals surface area contributed by atoms with Gasteiger partial charge in [0.1, 0.15) is 22.6 Å². The zero-order valence-corrected chi connectivity index (χ0v) is 39.1. The lowest BCUT2D eigenvalue weighted by atomic mass is 10.1. The molecule has 6 atom stereocenters. The lowest BCUT2D eigenvalue weighted by Gasteiger charge is -2.27. The number of hydrogen-bond donors (Lipinski definition) is 4. The van der Waals surface area contributed by atoms with E-state index < -0.39 is 91.7 Å². The molecule has 0 spiro atoms. The van der Waals surface area contributed by atoms with Gasteiger partial charge in [0.15, 0.2) is 47.5 Å². The lowest BCUT2D eigenvalue weighted by Crippen LogP contribution is -2.33. The number of ether oxygens (including phenoxy) is 2. The normalized spacial score (nSPS) is 21.4. The number of fused-ring (bicyclic) bond motifs is 2. The smallest absolute Gasteiger partial charge is 0.344 e. The van der Waals surface area contributed by atoms with E-state index in [1.807, 2.05) is 20.8 Å². The second-order valence-electron chi connectivity index (χ2n) is 13.9. The minimum Gasteiger partial charge on any atom is -0.479 e. The minimum absolute atomic E-state index is 0.0376. The van der Waals surface area contributed by atoms with Crippen molar-refractivity contribution in [3.05, 3.63) is 23.3 Å². The molecule has 2 aliphatic rings. The fourth-order valence-corrected chi connectivity index (χ4v) is 15.6. The summed E-state index contributed by atoms with van der Waals surface area (Å²) in [5, 5.41) is 18.6. The zero-order chi connectivity index (χ0) is 45.3. The third kappa shape index (κ3) is 13.8. The molecule has 2 aromatic heterocycles. The number of primary sulfonamides is 1. The van der Waals surface area contributed by atoms with Gasteiger partial charge < -0.3 is 25.2 Å². The third-order valence-electron chi connectivity index (χ3n) is 9.01. The Morgan fingerprint density at radius 2 is 1.15 bits per heavy atom. The number of rotatable bonds is 16. The van der Waals surface area contributed by atoms with Gasteiger partial charge in [-0.05, 0) is 84.2 Å². The van der Waals surface area contributed by atoms with Gasteiger partial charge >= 0.3 is 17.9 Å². The summed E-state index contributed by atoms with van der Waals surface area (Å²) in [6, 6.07) is 2.32. The Morgan fingerprint density at radius 1 is 0.763 bits per heavy atom. The van der Waals surface area contributed by atoms with E-state index in [9.17, 15) is 52.8 Å². The summed E-state index contributed by atoms with van der Waals surface area (Å²) >= 11 is 1.42. The Labute approximate surface area is 354 Å². The van der Waals surface area contributed by atoms with Crippen molar-refractivity contribution in [3.63, 3.8) is 0 Å². The first-order valence-corrected chi connectivity index (χ1v) is 26.7. The number of thiophene rings is 2. The molecule has 0 unspecified atom stereocenters. The Bertz CT molecular complexity index is 2270. The van der Waals surface area contributed by atoms with Crippen LogP contribution in [0.2, 0.25) is 0 Å². The van der Waals surface area contributed by atoms with E-state index in [2.05, 4.69) is 15.4 Å². The van der Waals surface area contributed by atoms with Gasteiger partial charge in [-0.15, -0.1) is 22.7 Å². The third-order valence-corrected chi connectivity index (χ3v) is 20.4. The van der Waals surface area contributed by atoms with Gasteiger partial charge in [-0.3, -0.25) is 14.4 Å². The topological polar surface area (TPSA) is 294 Å². The standard InChI is InChI=1S/C18H27NO7S3.C10H16N2O4S3.C7H12O4/c1-5-7-16(21)26-12(4)15(20)10-28(22,23)17-9-13-14(19-6-2)8-11(3)29(24,25)18(13)27-17;1-3-12-8-4-6(2)18(13,14)10-7(8)5-9(17-10)19(11,15)16;1-3-4-6(8)11-5(2)7(9)10/h9,11-12,14,19H,5-8,10H2,1-4H3;5-6,8,12H,3-4H2,1-2H3,(H2,11,15,16);5H,3-4H2,1-2H3,(H,9,10)/t11-,12-,14-;6-,8-;5-/m000/s1. The number of carbonyl (C=O) groups is 4. The monoisotopic (exact) mass is 949 g/mol. The number of ketones is 1. The Hall–Kier alpha value is -2.84. The van der Waals surface area contributed by atoms with Crippen LogP contribution in [0.5, 0.6) is 0 Å². The average Bonchev–Trinajstić information content (AvgIpc) is 3.79. The van der Waals surface area contributed by atoms with Crippen LogP contribution in [0.4, 0.5) is 0 Å². The summed E-state index contributed by atoms with van der Waals surface area (Å²) < 4.78 is 107. The maximum Gasteiger partial charge on any atom is 0.344 e. The molecule has 0 saturated heterocycles. The molecule has 336 valence electrons. The van der Waals surface area contributed by atoms with Crippen molar-refractivity contribution in [2.75, 3.05) is 18.8 Å². The van der Waals surface area contributed by atoms with Gasteiger partial charge in [-0.1, -0.05) is 27.7 Å². The van der Waals surface area contributed by atoms with Crippen molar-refractivity contribution < 1.29 is 67.4 Å². The first-order chi connectivity index (χ1) is 27.2. The van der Waals surface area contributed by atoms with Gasteiger partial charge in [-0.2, -0.15) is 0 Å². The van der Waals surface area contributed by atoms with E-state index in [0.29, 0.717) is 61.2 Å². The highest BCUT2D eigenvalue weighted by Gasteiger charge is 2.41. The molecular formula is C35H55N3O15S6. The highest BCUT2D eigenvalue weighted by molar-refractivity contribution is 7.97. The van der Waals surface area contributed by atoms with Crippen molar-refractivity contribution in [2.45, 2.75) is 146 Å². The molecule has 2 aromatic rings. The quantitative estimate of drug-likeness (QED) is 0.175. The van der Waals surface area contributed by atoms with Crippen molar-refractivity contribution in [3.8, 4) is 0 Å². The van der Waals surface area contributed by atoms with Crippen LogP contribution in [0.1, 0.15) is 117 Å². The number of carbonyl (C=O) groups excluding carboxylic acids is 3. The first kappa shape index (κ1) is 52.3. The van der Waals surface area contributed by atoms with Gasteiger partial charge in [0.05, 0.1) is 10.5 Å². The molecule has 0 saturated carbocycles. The predicted octanol–water partition coefficient (Wildman–Crippen LogP) is 3.45. The molecule has 59 heavy (non-hydrogen) atoms. The molecule has 0 radical (unpaired) electrons. The highest BCUT2D eigenvalue weighted by Crippen LogP contribution is 2.44. The van der Waals surface area contributed by atoms with Crippen LogP contribution in [-0.2, 0) is 68.2 Å². The molecule has 4 heterocycles. The molecular weight excluding hydrogens is 895 g/mol. The summed E-state index contributed by atoms with van der Waals surface area (Å²) in [6.45, 7) is 14.6. The number of sulfone groups is 3. The van der Waals surface area contributed by atoms with E-state index in [-0.39, 0.29) is 41.8 Å². The van der Waals surface area contributed by atoms with E-state index in [1.54, 1.807) is 20.8 Å². The highest BCUT2D eigenvalue weighted by atomic mass is 32.3. The fraction of sp³-hybridized carbons (Fsp3) is 0.657. The van der Waals surface area contributed by atoms with Crippen molar-refractivity contribution in [1.29, 1.82) is 0 Å². The number of hydrogen-bond acceptors (Lipinski definition) is 18. The van der Waals surface area contributed by atoms with E-state index in [4.69, 9.17) is 15.0 Å². The number of Topliss-reactive ketones (excluding diaryl/α,β-unsaturated/α-hetero) is 1. The van der Waals surface area contributed by atoms with Crippen LogP contribution in [0.15, 0.2) is 29.0 Å². The van der Waals surface area contributed by atoms with Crippen LogP contribution in [0, 0.1) is 0 Å². The molecule has 0 fully saturated rings. The van der Waals surface area contributed by atoms with E-state index >= 15 is 0 Å². The van der Waals surface area contributed by atoms with Gasteiger partial charge in [0.25, 0.3) is 0 Å². The van der Waals surface area contributed by atoms with Crippen molar-refractivity contribution in [2.24, 2.45) is 5.14 Å².